The summed E-state index contributed by atoms with van der Waals surface area (Å²) in [4.78, 5) is 26.5. The van der Waals surface area contributed by atoms with E-state index in [1.54, 1.807) is 4.90 Å². The van der Waals surface area contributed by atoms with Crippen molar-refractivity contribution in [2.45, 2.75) is 58.4 Å². The Labute approximate surface area is 149 Å². The molecule has 1 unspecified atom stereocenters. The monoisotopic (exact) mass is 348 g/mol. The highest BCUT2D eigenvalue weighted by Crippen LogP contribution is 2.20. The van der Waals surface area contributed by atoms with Crippen molar-refractivity contribution in [3.8, 4) is 0 Å². The van der Waals surface area contributed by atoms with Crippen LogP contribution in [0.25, 0.3) is 0 Å². The predicted molar refractivity (Wildman–Crippen MR) is 96.8 cm³/mol. The first-order valence-electron chi connectivity index (χ1n) is 9.36. The largest absolute Gasteiger partial charge is 0.353 e. The second kappa shape index (κ2) is 9.54. The molecule has 1 heterocycles. The first-order chi connectivity index (χ1) is 12.0. The Morgan fingerprint density at radius 3 is 2.44 bits per heavy atom. The number of nitrogens with zero attached hydrogens (tertiary/aromatic N) is 1. The number of likely N-dealkylation sites (tertiary alicyclic amines) is 1. The van der Waals surface area contributed by atoms with Gasteiger partial charge in [0.05, 0.1) is 0 Å². The van der Waals surface area contributed by atoms with Crippen LogP contribution in [0.15, 0.2) is 24.3 Å². The summed E-state index contributed by atoms with van der Waals surface area (Å²) in [5.74, 6) is -0.351. The van der Waals surface area contributed by atoms with Crippen LogP contribution in [0.2, 0.25) is 0 Å². The first-order valence-corrected chi connectivity index (χ1v) is 9.36. The van der Waals surface area contributed by atoms with Crippen molar-refractivity contribution < 1.29 is 14.0 Å². The third kappa shape index (κ3) is 5.83. The number of rotatable bonds is 7. The molecule has 2 amide bonds. The van der Waals surface area contributed by atoms with Crippen molar-refractivity contribution in [2.24, 2.45) is 5.92 Å². The van der Waals surface area contributed by atoms with E-state index in [9.17, 15) is 14.0 Å². The lowest BCUT2D eigenvalue weighted by Gasteiger charge is -2.32. The summed E-state index contributed by atoms with van der Waals surface area (Å²) in [6.07, 6.45) is 5.90. The summed E-state index contributed by atoms with van der Waals surface area (Å²) in [6, 6.07) is 5.82. The SMILES string of the molecule is CCCCCC(C)NC(=O)C1CCN(C(=O)c2ccc(F)cc2)CC1. The second-order valence-corrected chi connectivity index (χ2v) is 6.98. The van der Waals surface area contributed by atoms with Gasteiger partial charge in [0.15, 0.2) is 0 Å². The lowest BCUT2D eigenvalue weighted by atomic mass is 9.95. The van der Waals surface area contributed by atoms with Gasteiger partial charge in [-0.2, -0.15) is 0 Å². The molecule has 1 aliphatic heterocycles. The fourth-order valence-corrected chi connectivity index (χ4v) is 3.25. The molecule has 2 rings (SSSR count). The number of unbranched alkanes of at least 4 members (excludes halogenated alkanes) is 2. The Morgan fingerprint density at radius 1 is 1.20 bits per heavy atom. The lowest BCUT2D eigenvalue weighted by Crippen LogP contribution is -2.44. The van der Waals surface area contributed by atoms with E-state index >= 15 is 0 Å². The highest BCUT2D eigenvalue weighted by Gasteiger charge is 2.28. The van der Waals surface area contributed by atoms with Crippen LogP contribution in [-0.4, -0.2) is 35.8 Å². The number of nitrogens with one attached hydrogen (secondary N) is 1. The van der Waals surface area contributed by atoms with Crippen LogP contribution < -0.4 is 5.32 Å². The minimum absolute atomic E-state index is 0.0223. The quantitative estimate of drug-likeness (QED) is 0.763. The minimum Gasteiger partial charge on any atom is -0.353 e. The molecule has 4 nitrogen and oxygen atoms in total. The highest BCUT2D eigenvalue weighted by molar-refractivity contribution is 5.94. The number of halogens is 1. The maximum Gasteiger partial charge on any atom is 0.253 e. The molecule has 138 valence electrons. The minimum atomic E-state index is -0.347. The van der Waals surface area contributed by atoms with Gasteiger partial charge in [0.25, 0.3) is 5.91 Å². The molecule has 1 atom stereocenters. The fourth-order valence-electron chi connectivity index (χ4n) is 3.25. The van der Waals surface area contributed by atoms with Crippen molar-refractivity contribution in [1.29, 1.82) is 0 Å². The molecule has 1 N–H and O–H groups in total. The Bertz CT molecular complexity index is 566. The zero-order valence-corrected chi connectivity index (χ0v) is 15.3. The van der Waals surface area contributed by atoms with E-state index in [1.807, 2.05) is 0 Å². The number of amides is 2. The normalized spacial score (nSPS) is 16.5. The Balaban J connectivity index is 1.77. The van der Waals surface area contributed by atoms with Gasteiger partial charge in [-0.1, -0.05) is 26.2 Å². The van der Waals surface area contributed by atoms with Crippen molar-refractivity contribution in [2.75, 3.05) is 13.1 Å². The zero-order chi connectivity index (χ0) is 18.2. The van der Waals surface area contributed by atoms with E-state index in [-0.39, 0.29) is 29.6 Å². The predicted octanol–water partition coefficient (Wildman–Crippen LogP) is 3.76. The number of hydrogen-bond acceptors (Lipinski definition) is 2. The summed E-state index contributed by atoms with van der Waals surface area (Å²) in [6.45, 7) is 5.36. The number of piperidine rings is 1. The number of carbonyl (C=O) groups is 2. The van der Waals surface area contributed by atoms with Crippen molar-refractivity contribution >= 4 is 11.8 Å². The van der Waals surface area contributed by atoms with E-state index in [0.29, 0.717) is 31.5 Å². The average molecular weight is 348 g/mol. The molecule has 1 fully saturated rings. The standard InChI is InChI=1S/C20H29FN2O2/c1-3-4-5-6-15(2)22-19(24)16-11-13-23(14-12-16)20(25)17-7-9-18(21)10-8-17/h7-10,15-16H,3-6,11-14H2,1-2H3,(H,22,24). The van der Waals surface area contributed by atoms with Crippen LogP contribution in [0.1, 0.15) is 62.7 Å². The number of carbonyl (C=O) groups excluding carboxylic acids is 2. The van der Waals surface area contributed by atoms with E-state index in [4.69, 9.17) is 0 Å². The smallest absolute Gasteiger partial charge is 0.253 e. The van der Waals surface area contributed by atoms with Gasteiger partial charge in [0, 0.05) is 30.6 Å². The lowest BCUT2D eigenvalue weighted by molar-refractivity contribution is -0.126. The Hall–Kier alpha value is -1.91. The zero-order valence-electron chi connectivity index (χ0n) is 15.3. The van der Waals surface area contributed by atoms with Crippen LogP contribution in [0, 0.1) is 11.7 Å². The van der Waals surface area contributed by atoms with Crippen LogP contribution >= 0.6 is 0 Å². The third-order valence-corrected chi connectivity index (χ3v) is 4.87. The molecular formula is C20H29FN2O2. The van der Waals surface area contributed by atoms with Crippen LogP contribution in [-0.2, 0) is 4.79 Å². The van der Waals surface area contributed by atoms with Gasteiger partial charge in [-0.05, 0) is 50.5 Å². The number of benzene rings is 1. The van der Waals surface area contributed by atoms with Gasteiger partial charge in [-0.3, -0.25) is 9.59 Å². The van der Waals surface area contributed by atoms with Gasteiger partial charge in [0.1, 0.15) is 5.82 Å². The molecule has 1 aliphatic rings. The van der Waals surface area contributed by atoms with Crippen molar-refractivity contribution in [3.05, 3.63) is 35.6 Å². The molecule has 0 saturated carbocycles. The fraction of sp³-hybridized carbons (Fsp3) is 0.600. The maximum absolute atomic E-state index is 13.0. The van der Waals surface area contributed by atoms with Gasteiger partial charge in [-0.25, -0.2) is 4.39 Å². The molecule has 1 aromatic rings. The van der Waals surface area contributed by atoms with E-state index in [0.717, 1.165) is 12.8 Å². The summed E-state index contributed by atoms with van der Waals surface area (Å²) in [5, 5.41) is 3.11. The van der Waals surface area contributed by atoms with Gasteiger partial charge in [-0.15, -0.1) is 0 Å². The molecule has 1 aromatic carbocycles. The molecule has 5 heteroatoms. The Kier molecular flexibility index (Phi) is 7.41. The van der Waals surface area contributed by atoms with E-state index in [1.165, 1.54) is 37.1 Å². The van der Waals surface area contributed by atoms with Crippen LogP contribution in [0.5, 0.6) is 0 Å². The Morgan fingerprint density at radius 2 is 1.84 bits per heavy atom. The highest BCUT2D eigenvalue weighted by atomic mass is 19.1. The van der Waals surface area contributed by atoms with E-state index < -0.39 is 0 Å². The van der Waals surface area contributed by atoms with Crippen molar-refractivity contribution in [1.82, 2.24) is 10.2 Å². The average Bonchev–Trinajstić information content (AvgIpc) is 2.62. The number of hydrogen-bond donors (Lipinski definition) is 1. The topological polar surface area (TPSA) is 49.4 Å². The van der Waals surface area contributed by atoms with Crippen molar-refractivity contribution in [3.63, 3.8) is 0 Å². The molecular weight excluding hydrogens is 319 g/mol. The molecule has 1 saturated heterocycles. The van der Waals surface area contributed by atoms with Crippen LogP contribution in [0.4, 0.5) is 4.39 Å². The van der Waals surface area contributed by atoms with Crippen LogP contribution in [0.3, 0.4) is 0 Å². The molecule has 25 heavy (non-hydrogen) atoms. The molecule has 0 bridgehead atoms. The summed E-state index contributed by atoms with van der Waals surface area (Å²) in [5.41, 5.74) is 0.494. The maximum atomic E-state index is 13.0. The van der Waals surface area contributed by atoms with E-state index in [2.05, 4.69) is 19.2 Å². The first kappa shape index (κ1) is 19.4. The van der Waals surface area contributed by atoms with Gasteiger partial charge >= 0.3 is 0 Å². The summed E-state index contributed by atoms with van der Waals surface area (Å²) < 4.78 is 13.0. The second-order valence-electron chi connectivity index (χ2n) is 6.98. The van der Waals surface area contributed by atoms with Gasteiger partial charge in [0.2, 0.25) is 5.91 Å². The summed E-state index contributed by atoms with van der Waals surface area (Å²) >= 11 is 0. The molecule has 0 aliphatic carbocycles. The summed E-state index contributed by atoms with van der Waals surface area (Å²) in [7, 11) is 0. The molecule has 0 spiro atoms. The third-order valence-electron chi connectivity index (χ3n) is 4.87. The van der Waals surface area contributed by atoms with Gasteiger partial charge < -0.3 is 10.2 Å². The molecule has 0 radical (unpaired) electrons. The molecule has 0 aromatic heterocycles.